The van der Waals surface area contributed by atoms with Crippen molar-refractivity contribution >= 4 is 30.4 Å². The van der Waals surface area contributed by atoms with Crippen LogP contribution in [0.15, 0.2) is 36.5 Å². The molecule has 0 saturated heterocycles. The highest BCUT2D eigenvalue weighted by atomic mass is 32.1. The Labute approximate surface area is 182 Å². The zero-order valence-corrected chi connectivity index (χ0v) is 17.5. The van der Waals surface area contributed by atoms with E-state index in [2.05, 4.69) is 23.1 Å². The number of amides is 3. The zero-order valence-electron chi connectivity index (χ0n) is 16.6. The van der Waals surface area contributed by atoms with Crippen molar-refractivity contribution in [1.82, 2.24) is 9.29 Å². The number of imide groups is 1. The predicted molar refractivity (Wildman–Crippen MR) is 111 cm³/mol. The third-order valence-electron chi connectivity index (χ3n) is 4.16. The summed E-state index contributed by atoms with van der Waals surface area (Å²) >= 11 is 3.83. The predicted octanol–water partition coefficient (Wildman–Crippen LogP) is 4.68. The lowest BCUT2D eigenvalue weighted by Gasteiger charge is -2.18. The Balaban J connectivity index is 2.12. The van der Waals surface area contributed by atoms with E-state index in [4.69, 9.17) is 9.84 Å². The number of benzene rings is 1. The number of hydrogen-bond acceptors (Lipinski definition) is 6. The molecule has 31 heavy (non-hydrogen) atoms. The molecule has 0 unspecified atom stereocenters. The largest absolute Gasteiger partial charge is 0.493 e. The normalized spacial score (nSPS) is 11.2. The van der Waals surface area contributed by atoms with Gasteiger partial charge in [-0.2, -0.15) is 13.2 Å². The summed E-state index contributed by atoms with van der Waals surface area (Å²) in [5.74, 6) is -1.18. The van der Waals surface area contributed by atoms with E-state index in [1.807, 2.05) is 6.92 Å². The number of alkyl halides is 3. The van der Waals surface area contributed by atoms with Gasteiger partial charge >= 0.3 is 12.2 Å². The lowest BCUT2D eigenvalue weighted by atomic mass is 10.1. The smallest absolute Gasteiger partial charge is 0.420 e. The number of rotatable bonds is 8. The zero-order chi connectivity index (χ0) is 23.0. The number of thiol groups is 1. The van der Waals surface area contributed by atoms with Gasteiger partial charge in [0, 0.05) is 11.9 Å². The number of nitrogens with zero attached hydrogens (tertiary/aromatic N) is 2. The van der Waals surface area contributed by atoms with E-state index in [0.717, 1.165) is 31.2 Å². The number of hydrogen-bond donors (Lipinski definition) is 3. The first-order valence-corrected chi connectivity index (χ1v) is 9.81. The van der Waals surface area contributed by atoms with Crippen LogP contribution in [0.4, 0.5) is 23.7 Å². The quantitative estimate of drug-likeness (QED) is 0.396. The van der Waals surface area contributed by atoms with Crippen molar-refractivity contribution in [3.05, 3.63) is 53.3 Å². The van der Waals surface area contributed by atoms with Crippen molar-refractivity contribution in [2.45, 2.75) is 39.0 Å². The monoisotopic (exact) mass is 457 g/mol. The van der Waals surface area contributed by atoms with Gasteiger partial charge in [0.2, 0.25) is 0 Å². The molecule has 2 N–H and O–H groups in total. The molecular formula is C20H22F3N3O4S. The summed E-state index contributed by atoms with van der Waals surface area (Å²) in [4.78, 5) is 28.4. The van der Waals surface area contributed by atoms with Gasteiger partial charge in [0.05, 0.1) is 30.0 Å². The summed E-state index contributed by atoms with van der Waals surface area (Å²) in [6, 6.07) is 4.77. The minimum atomic E-state index is -4.70. The second kappa shape index (κ2) is 11.0. The molecule has 0 bridgehead atoms. The molecule has 1 heterocycles. The standard InChI is InChI=1S/C20H22F3N3O4S/c1-2-3-4-9-30-17-8-7-14(10-16(17)20(21,22)23)25-19(29)26(31)18(28)13-5-6-15(12-27)24-11-13/h5-8,10-11,27,31H,2-4,9,12H2,1H3,(H,25,29). The number of carbonyl (C=O) groups excluding carboxylic acids is 2. The maximum Gasteiger partial charge on any atom is 0.420 e. The molecular weight excluding hydrogens is 435 g/mol. The summed E-state index contributed by atoms with van der Waals surface area (Å²) < 4.78 is 45.9. The van der Waals surface area contributed by atoms with Crippen molar-refractivity contribution in [2.75, 3.05) is 11.9 Å². The molecule has 0 aliphatic rings. The fourth-order valence-electron chi connectivity index (χ4n) is 2.52. The number of nitrogens with one attached hydrogen (secondary N) is 1. The highest BCUT2D eigenvalue weighted by Gasteiger charge is 2.35. The Hall–Kier alpha value is -2.79. The topological polar surface area (TPSA) is 91.8 Å². The molecule has 0 atom stereocenters. The van der Waals surface area contributed by atoms with Gasteiger partial charge in [-0.25, -0.2) is 9.10 Å². The van der Waals surface area contributed by atoms with Crippen LogP contribution in [-0.2, 0) is 12.8 Å². The molecule has 0 aliphatic carbocycles. The second-order valence-corrected chi connectivity index (χ2v) is 6.91. The molecule has 3 amide bonds. The number of aromatic nitrogens is 1. The summed E-state index contributed by atoms with van der Waals surface area (Å²) in [5, 5.41) is 11.2. The van der Waals surface area contributed by atoms with Gasteiger partial charge in [-0.15, -0.1) is 0 Å². The van der Waals surface area contributed by atoms with Crippen LogP contribution in [0.1, 0.15) is 47.8 Å². The fraction of sp³-hybridized carbons (Fsp3) is 0.350. The number of halogens is 3. The number of anilines is 1. The highest BCUT2D eigenvalue weighted by molar-refractivity contribution is 7.79. The van der Waals surface area contributed by atoms with Crippen LogP contribution in [0.5, 0.6) is 5.75 Å². The molecule has 168 valence electrons. The average molecular weight is 457 g/mol. The molecule has 0 radical (unpaired) electrons. The van der Waals surface area contributed by atoms with Crippen molar-refractivity contribution in [2.24, 2.45) is 0 Å². The van der Waals surface area contributed by atoms with Crippen molar-refractivity contribution in [3.63, 3.8) is 0 Å². The summed E-state index contributed by atoms with van der Waals surface area (Å²) in [6.45, 7) is 1.79. The van der Waals surface area contributed by atoms with Crippen LogP contribution in [0.3, 0.4) is 0 Å². The van der Waals surface area contributed by atoms with Gasteiger partial charge in [-0.1, -0.05) is 32.6 Å². The molecule has 2 aromatic rings. The van der Waals surface area contributed by atoms with Crippen LogP contribution in [0, 0.1) is 0 Å². The van der Waals surface area contributed by atoms with Gasteiger partial charge in [0.15, 0.2) is 0 Å². The lowest BCUT2D eigenvalue weighted by molar-refractivity contribution is -0.138. The van der Waals surface area contributed by atoms with Crippen LogP contribution < -0.4 is 10.1 Å². The summed E-state index contributed by atoms with van der Waals surface area (Å²) in [7, 11) is 0. The molecule has 0 spiro atoms. The Kier molecular flexibility index (Phi) is 8.69. The van der Waals surface area contributed by atoms with Gasteiger partial charge in [0.1, 0.15) is 5.75 Å². The third kappa shape index (κ3) is 6.86. The molecule has 0 fully saturated rings. The first-order chi connectivity index (χ1) is 14.7. The van der Waals surface area contributed by atoms with E-state index in [9.17, 15) is 22.8 Å². The molecule has 7 nitrogen and oxygen atoms in total. The molecule has 11 heteroatoms. The van der Waals surface area contributed by atoms with Crippen LogP contribution in [0.2, 0.25) is 0 Å². The summed E-state index contributed by atoms with van der Waals surface area (Å²) in [5.41, 5.74) is -0.890. The third-order valence-corrected chi connectivity index (χ3v) is 4.52. The maximum atomic E-state index is 13.4. The SMILES string of the molecule is CCCCCOc1ccc(NC(=O)N(S)C(=O)c2ccc(CO)nc2)cc1C(F)(F)F. The van der Waals surface area contributed by atoms with Crippen LogP contribution >= 0.6 is 12.8 Å². The average Bonchev–Trinajstić information content (AvgIpc) is 2.75. The van der Waals surface area contributed by atoms with E-state index in [1.165, 1.54) is 18.2 Å². The van der Waals surface area contributed by atoms with Crippen LogP contribution in [0.25, 0.3) is 0 Å². The Morgan fingerprint density at radius 1 is 1.23 bits per heavy atom. The highest BCUT2D eigenvalue weighted by Crippen LogP contribution is 2.38. The number of ether oxygens (including phenoxy) is 1. The van der Waals surface area contributed by atoms with Crippen LogP contribution in [-0.4, -0.2) is 32.9 Å². The van der Waals surface area contributed by atoms with Crippen molar-refractivity contribution in [1.29, 1.82) is 0 Å². The number of urea groups is 1. The molecule has 0 aliphatic heterocycles. The molecule has 1 aromatic carbocycles. The van der Waals surface area contributed by atoms with E-state index in [-0.39, 0.29) is 30.2 Å². The van der Waals surface area contributed by atoms with Gasteiger partial charge < -0.3 is 15.2 Å². The van der Waals surface area contributed by atoms with E-state index < -0.39 is 23.7 Å². The Morgan fingerprint density at radius 2 is 1.97 bits per heavy atom. The minimum absolute atomic E-state index is 0.00848. The first kappa shape index (κ1) is 24.5. The van der Waals surface area contributed by atoms with E-state index in [1.54, 1.807) is 0 Å². The second-order valence-electron chi connectivity index (χ2n) is 6.51. The molecule has 0 saturated carbocycles. The van der Waals surface area contributed by atoms with E-state index >= 15 is 0 Å². The van der Waals surface area contributed by atoms with E-state index in [0.29, 0.717) is 16.4 Å². The van der Waals surface area contributed by atoms with Gasteiger partial charge in [-0.3, -0.25) is 9.78 Å². The van der Waals surface area contributed by atoms with Gasteiger partial charge in [0.25, 0.3) is 5.91 Å². The van der Waals surface area contributed by atoms with Crippen molar-refractivity contribution < 1.29 is 32.6 Å². The minimum Gasteiger partial charge on any atom is -0.493 e. The first-order valence-electron chi connectivity index (χ1n) is 9.41. The number of aliphatic hydroxyl groups is 1. The number of carbonyl (C=O) groups is 2. The summed E-state index contributed by atoms with van der Waals surface area (Å²) in [6.07, 6.45) is -1.19. The number of aliphatic hydroxyl groups excluding tert-OH is 1. The Morgan fingerprint density at radius 3 is 2.55 bits per heavy atom. The Bertz CT molecular complexity index is 908. The fourth-order valence-corrected chi connectivity index (χ4v) is 2.69. The van der Waals surface area contributed by atoms with Crippen molar-refractivity contribution in [3.8, 4) is 5.75 Å². The number of pyridine rings is 1. The maximum absolute atomic E-state index is 13.4. The van der Waals surface area contributed by atoms with Gasteiger partial charge in [-0.05, 0) is 36.8 Å². The number of unbranched alkanes of at least 4 members (excludes halogenated alkanes) is 2. The molecule has 1 aromatic heterocycles. The lowest BCUT2D eigenvalue weighted by Crippen LogP contribution is -2.32. The molecule has 2 rings (SSSR count).